The zero-order chi connectivity index (χ0) is 46.0. The fourth-order valence-electron chi connectivity index (χ4n) is 9.42. The molecule has 2 aromatic heterocycles. The van der Waals surface area contributed by atoms with Gasteiger partial charge in [-0.2, -0.15) is 0 Å². The fraction of sp³-hybridized carbons (Fsp3) is 0.347. The first-order valence-electron chi connectivity index (χ1n) is 22.0. The predicted molar refractivity (Wildman–Crippen MR) is 240 cm³/mol. The Labute approximate surface area is 379 Å². The molecule has 4 N–H and O–H groups in total. The van der Waals surface area contributed by atoms with E-state index in [-0.39, 0.29) is 23.7 Å². The number of rotatable bonds is 11. The minimum Gasteiger partial charge on any atom is -0.453 e. The molecule has 3 saturated heterocycles. The highest BCUT2D eigenvalue weighted by atomic mass is 19.3. The molecule has 0 bridgehead atoms. The van der Waals surface area contributed by atoms with Crippen LogP contribution in [0.25, 0.3) is 44.4 Å². The number of carbonyl (C=O) groups excluding carboxylic acids is 4. The first-order valence-corrected chi connectivity index (χ1v) is 22.0. The number of carbonyl (C=O) groups is 4. The molecule has 3 fully saturated rings. The van der Waals surface area contributed by atoms with E-state index in [1.165, 1.54) is 14.2 Å². The SMILES string of the molecule is COC(=O)N[C@H](C(=O)N1CCC[C@H]1c1ncc(-c2ccc3cc(-c4ccc(-c5cnc(C6CC(F)(F)CN6C(=O)[C@H](NC(=O)OC)c6ccccc6)[nH]5)cc4)ccc3c2)[nH]1)C1CCOCC1. The number of amides is 4. The number of nitrogens with zero attached hydrogens (tertiary/aromatic N) is 4. The standard InChI is InChI=1S/C49H50F2N8O7/c1-64-47(62)56-41(31-7-4-3-5-8-31)46(61)59-28-49(50,51)25-40(59)44-53-26-37(54-44)30-12-10-29(11-13-30)33-14-15-35-24-36(17-16-34(35)23-33)38-27-52-43(55-38)39-9-6-20-58(39)45(60)42(57-48(63)65-2)32-18-21-66-22-19-32/h3-5,7-8,10-17,23-24,26-27,32,39-42H,6,9,18-22,25,28H2,1-2H3,(H,52,55)(H,53,54)(H,56,62)(H,57,63)/t39-,40?,41+,42-/m0/s1. The molecule has 0 radical (unpaired) electrons. The summed E-state index contributed by atoms with van der Waals surface area (Å²) in [7, 11) is 2.46. The highest BCUT2D eigenvalue weighted by Crippen LogP contribution is 2.42. The van der Waals surface area contributed by atoms with Crippen molar-refractivity contribution in [3.05, 3.63) is 121 Å². The van der Waals surface area contributed by atoms with Gasteiger partial charge in [-0.3, -0.25) is 9.59 Å². The maximum absolute atomic E-state index is 15.0. The van der Waals surface area contributed by atoms with Crippen LogP contribution in [-0.4, -0.2) is 106 Å². The van der Waals surface area contributed by atoms with Gasteiger partial charge in [0.15, 0.2) is 0 Å². The molecule has 0 saturated carbocycles. The summed E-state index contributed by atoms with van der Waals surface area (Å²) in [5.74, 6) is -3.15. The van der Waals surface area contributed by atoms with Crippen molar-refractivity contribution in [2.24, 2.45) is 5.92 Å². The molecule has 0 aliphatic carbocycles. The van der Waals surface area contributed by atoms with E-state index >= 15 is 8.78 Å². The van der Waals surface area contributed by atoms with E-state index in [2.05, 4.69) is 55.9 Å². The molecule has 4 aromatic carbocycles. The lowest BCUT2D eigenvalue weighted by Gasteiger charge is -2.34. The molecule has 6 aromatic rings. The Balaban J connectivity index is 0.882. The number of aromatic amines is 2. The molecule has 3 aliphatic rings. The van der Waals surface area contributed by atoms with Crippen LogP contribution in [0.3, 0.4) is 0 Å². The summed E-state index contributed by atoms with van der Waals surface area (Å²) in [6.45, 7) is 0.817. The average Bonchev–Trinajstić information content (AvgIpc) is 4.19. The average molecular weight is 901 g/mol. The number of ether oxygens (including phenoxy) is 3. The van der Waals surface area contributed by atoms with E-state index in [0.29, 0.717) is 49.7 Å². The Morgan fingerprint density at radius 2 is 1.30 bits per heavy atom. The third kappa shape index (κ3) is 9.20. The topological polar surface area (TPSA) is 184 Å². The molecule has 0 spiro atoms. The highest BCUT2D eigenvalue weighted by Gasteiger charge is 2.50. The van der Waals surface area contributed by atoms with E-state index in [9.17, 15) is 19.2 Å². The van der Waals surface area contributed by atoms with Crippen molar-refractivity contribution in [1.29, 1.82) is 0 Å². The third-order valence-corrected chi connectivity index (χ3v) is 12.9. The number of aromatic nitrogens is 4. The Hall–Kier alpha value is -7.14. The maximum atomic E-state index is 15.0. The molecule has 4 amide bonds. The largest absolute Gasteiger partial charge is 0.453 e. The summed E-state index contributed by atoms with van der Waals surface area (Å²) in [6.07, 6.45) is 4.15. The van der Waals surface area contributed by atoms with Gasteiger partial charge in [-0.05, 0) is 76.8 Å². The number of halogens is 2. The monoisotopic (exact) mass is 900 g/mol. The van der Waals surface area contributed by atoms with Crippen molar-refractivity contribution in [1.82, 2.24) is 40.4 Å². The fourth-order valence-corrected chi connectivity index (χ4v) is 9.42. The van der Waals surface area contributed by atoms with E-state index in [1.807, 2.05) is 35.2 Å². The summed E-state index contributed by atoms with van der Waals surface area (Å²) in [5, 5.41) is 7.37. The molecule has 342 valence electrons. The van der Waals surface area contributed by atoms with Crippen LogP contribution in [0, 0.1) is 5.92 Å². The number of imidazole rings is 2. The summed E-state index contributed by atoms with van der Waals surface area (Å²) in [6, 6.07) is 25.4. The zero-order valence-electron chi connectivity index (χ0n) is 36.5. The number of likely N-dealkylation sites (tertiary alicyclic amines) is 2. The van der Waals surface area contributed by atoms with Crippen molar-refractivity contribution in [3.63, 3.8) is 0 Å². The Morgan fingerprint density at radius 1 is 0.712 bits per heavy atom. The van der Waals surface area contributed by atoms with Gasteiger partial charge in [0.1, 0.15) is 23.7 Å². The number of fused-ring (bicyclic) bond motifs is 1. The van der Waals surface area contributed by atoms with Gasteiger partial charge in [-0.25, -0.2) is 28.3 Å². The molecular weight excluding hydrogens is 851 g/mol. The van der Waals surface area contributed by atoms with Crippen molar-refractivity contribution in [3.8, 4) is 33.6 Å². The summed E-state index contributed by atoms with van der Waals surface area (Å²) < 4.78 is 45.2. The van der Waals surface area contributed by atoms with Gasteiger partial charge in [0.25, 0.3) is 11.8 Å². The van der Waals surface area contributed by atoms with E-state index in [1.54, 1.807) is 42.7 Å². The van der Waals surface area contributed by atoms with Gasteiger partial charge in [-0.15, -0.1) is 0 Å². The highest BCUT2D eigenvalue weighted by molar-refractivity contribution is 5.91. The summed E-state index contributed by atoms with van der Waals surface area (Å²) >= 11 is 0. The minimum absolute atomic E-state index is 0.0514. The summed E-state index contributed by atoms with van der Waals surface area (Å²) in [5.41, 5.74) is 5.55. The lowest BCUT2D eigenvalue weighted by molar-refractivity contribution is -0.137. The van der Waals surface area contributed by atoms with Crippen LogP contribution in [0.1, 0.15) is 67.4 Å². The van der Waals surface area contributed by atoms with E-state index in [0.717, 1.165) is 56.5 Å². The molecule has 5 heterocycles. The van der Waals surface area contributed by atoms with Gasteiger partial charge in [0.2, 0.25) is 5.91 Å². The van der Waals surface area contributed by atoms with Gasteiger partial charge in [-0.1, -0.05) is 78.9 Å². The quantitative estimate of drug-likeness (QED) is 0.0998. The van der Waals surface area contributed by atoms with Crippen LogP contribution >= 0.6 is 0 Å². The second-order valence-corrected chi connectivity index (χ2v) is 17.0. The summed E-state index contributed by atoms with van der Waals surface area (Å²) in [4.78, 5) is 71.2. The van der Waals surface area contributed by atoms with Crippen LogP contribution in [-0.2, 0) is 23.8 Å². The van der Waals surface area contributed by atoms with Crippen LogP contribution < -0.4 is 10.6 Å². The molecule has 9 rings (SSSR count). The van der Waals surface area contributed by atoms with Crippen LogP contribution in [0.15, 0.2) is 103 Å². The Bertz CT molecular complexity index is 2720. The van der Waals surface area contributed by atoms with Gasteiger partial charge >= 0.3 is 12.2 Å². The molecule has 66 heavy (non-hydrogen) atoms. The molecule has 1 unspecified atom stereocenters. The lowest BCUT2D eigenvalue weighted by atomic mass is 9.90. The van der Waals surface area contributed by atoms with Crippen molar-refractivity contribution in [2.45, 2.75) is 62.2 Å². The number of nitrogens with one attached hydrogen (secondary N) is 4. The Kier molecular flexibility index (Phi) is 12.5. The van der Waals surface area contributed by atoms with Gasteiger partial charge in [0, 0.05) is 31.7 Å². The zero-order valence-corrected chi connectivity index (χ0v) is 36.5. The van der Waals surface area contributed by atoms with Gasteiger partial charge < -0.3 is 44.6 Å². The van der Waals surface area contributed by atoms with E-state index in [4.69, 9.17) is 19.2 Å². The molecular formula is C49H50F2N8O7. The van der Waals surface area contributed by atoms with Crippen molar-refractivity contribution < 1.29 is 42.2 Å². The minimum atomic E-state index is -3.17. The molecule has 3 aliphatic heterocycles. The lowest BCUT2D eigenvalue weighted by Crippen LogP contribution is -2.53. The Morgan fingerprint density at radius 3 is 1.98 bits per heavy atom. The van der Waals surface area contributed by atoms with Crippen LogP contribution in [0.4, 0.5) is 18.4 Å². The first-order chi connectivity index (χ1) is 32.0. The third-order valence-electron chi connectivity index (χ3n) is 12.9. The maximum Gasteiger partial charge on any atom is 0.407 e. The number of alkyl halides is 2. The first kappa shape index (κ1) is 44.1. The predicted octanol–water partition coefficient (Wildman–Crippen LogP) is 8.11. The smallest absolute Gasteiger partial charge is 0.407 e. The van der Waals surface area contributed by atoms with Crippen LogP contribution in [0.5, 0.6) is 0 Å². The normalized spacial score (nSPS) is 19.3. The van der Waals surface area contributed by atoms with Crippen LogP contribution in [0.2, 0.25) is 0 Å². The number of benzene rings is 4. The van der Waals surface area contributed by atoms with Crippen molar-refractivity contribution >= 4 is 34.8 Å². The molecule has 17 heteroatoms. The number of alkyl carbamates (subject to hydrolysis) is 2. The number of methoxy groups -OCH3 is 2. The number of hydrogen-bond donors (Lipinski definition) is 4. The second-order valence-electron chi connectivity index (χ2n) is 17.0. The molecule has 4 atom stereocenters. The van der Waals surface area contributed by atoms with E-state index < -0.39 is 55.1 Å². The molecule has 15 nitrogen and oxygen atoms in total. The second kappa shape index (κ2) is 18.8. The number of H-pyrrole nitrogens is 2. The van der Waals surface area contributed by atoms with Crippen molar-refractivity contribution in [2.75, 3.05) is 40.5 Å². The van der Waals surface area contributed by atoms with Gasteiger partial charge in [0.05, 0.1) is 56.6 Å². The number of hydrogen-bond acceptors (Lipinski definition) is 9.